The summed E-state index contributed by atoms with van der Waals surface area (Å²) in [6, 6.07) is 5.43. The van der Waals surface area contributed by atoms with Crippen LogP contribution < -0.4 is 4.90 Å². The first-order chi connectivity index (χ1) is 19.2. The predicted octanol–water partition coefficient (Wildman–Crippen LogP) is 4.50. The van der Waals surface area contributed by atoms with Gasteiger partial charge in [0.2, 0.25) is 11.8 Å². The molecule has 1 spiro atoms. The van der Waals surface area contributed by atoms with E-state index in [0.29, 0.717) is 39.0 Å². The van der Waals surface area contributed by atoms with Crippen molar-refractivity contribution in [2.24, 2.45) is 11.8 Å². The Kier molecular flexibility index (Phi) is 9.83. The van der Waals surface area contributed by atoms with E-state index in [9.17, 15) is 19.5 Å². The number of nitrogens with zero attached hydrogens (tertiary/aromatic N) is 3. The second kappa shape index (κ2) is 12.9. The molecule has 3 saturated heterocycles. The van der Waals surface area contributed by atoms with E-state index in [-0.39, 0.29) is 29.6 Å². The Morgan fingerprint density at radius 1 is 1.15 bits per heavy atom. The number of likely N-dealkylation sites (tertiary alicyclic amines) is 1. The van der Waals surface area contributed by atoms with E-state index in [0.717, 1.165) is 42.5 Å². The van der Waals surface area contributed by atoms with Gasteiger partial charge in [-0.1, -0.05) is 31.2 Å². The minimum Gasteiger partial charge on any atom is -0.396 e. The molecule has 0 radical (unpaired) electrons. The number of fused-ring (bicyclic) bond motifs is 1. The summed E-state index contributed by atoms with van der Waals surface area (Å²) >= 11 is 1.72. The molecule has 2 bridgehead atoms. The molecule has 3 aliphatic heterocycles. The molecular weight excluding hydrogens is 522 g/mol. The molecule has 4 rings (SSSR count). The summed E-state index contributed by atoms with van der Waals surface area (Å²) < 4.78 is -0.626. The summed E-state index contributed by atoms with van der Waals surface area (Å²) in [6.45, 7) is 15.8. The van der Waals surface area contributed by atoms with Gasteiger partial charge < -0.3 is 19.8 Å². The Morgan fingerprint density at radius 3 is 2.58 bits per heavy atom. The molecule has 1 aromatic carbocycles. The highest BCUT2D eigenvalue weighted by Gasteiger charge is 2.74. The van der Waals surface area contributed by atoms with Crippen LogP contribution in [0.2, 0.25) is 0 Å². The first kappa shape index (κ1) is 30.4. The summed E-state index contributed by atoms with van der Waals surface area (Å²) in [6.07, 6.45) is 8.02. The Balaban J connectivity index is 1.76. The summed E-state index contributed by atoms with van der Waals surface area (Å²) in [5.74, 6) is -1.08. The fraction of sp³-hybridized carbons (Fsp3) is 0.594. The fourth-order valence-electron chi connectivity index (χ4n) is 7.05. The van der Waals surface area contributed by atoms with E-state index in [4.69, 9.17) is 0 Å². The topological polar surface area (TPSA) is 81.2 Å². The number of benzene rings is 1. The van der Waals surface area contributed by atoms with Gasteiger partial charge in [-0.2, -0.15) is 0 Å². The molecule has 0 aliphatic carbocycles. The summed E-state index contributed by atoms with van der Waals surface area (Å²) in [7, 11) is 0. The molecule has 0 aromatic heterocycles. The number of carbonyl (C=O) groups excluding carboxylic acids is 3. The molecule has 40 heavy (non-hydrogen) atoms. The number of rotatable bonds is 14. The van der Waals surface area contributed by atoms with Crippen LogP contribution in [-0.2, 0) is 14.4 Å². The average molecular weight is 568 g/mol. The lowest BCUT2D eigenvalue weighted by atomic mass is 9.70. The second-order valence-electron chi connectivity index (χ2n) is 11.5. The minimum atomic E-state index is -0.647. The third-order valence-corrected chi connectivity index (χ3v) is 10.7. The van der Waals surface area contributed by atoms with Crippen molar-refractivity contribution in [1.82, 2.24) is 9.80 Å². The van der Waals surface area contributed by atoms with Gasteiger partial charge in [-0.15, -0.1) is 24.9 Å². The molecule has 8 heteroatoms. The predicted molar refractivity (Wildman–Crippen MR) is 162 cm³/mol. The van der Waals surface area contributed by atoms with Crippen molar-refractivity contribution in [3.8, 4) is 0 Å². The maximum absolute atomic E-state index is 14.7. The summed E-state index contributed by atoms with van der Waals surface area (Å²) in [5, 5.41) is 9.34. The highest BCUT2D eigenvalue weighted by molar-refractivity contribution is 8.02. The van der Waals surface area contributed by atoms with Crippen molar-refractivity contribution in [1.29, 1.82) is 0 Å². The van der Waals surface area contributed by atoms with E-state index in [2.05, 4.69) is 13.2 Å². The summed E-state index contributed by atoms with van der Waals surface area (Å²) in [5.41, 5.74) is 2.88. The number of hydrogen-bond donors (Lipinski definition) is 1. The average Bonchev–Trinajstić information content (AvgIpc) is 3.58. The van der Waals surface area contributed by atoms with Gasteiger partial charge in [-0.3, -0.25) is 14.4 Å². The van der Waals surface area contributed by atoms with Crippen LogP contribution in [0.4, 0.5) is 5.69 Å². The smallest absolute Gasteiger partial charge is 0.251 e. The fourth-order valence-corrected chi connectivity index (χ4v) is 9.25. The quantitative estimate of drug-likeness (QED) is 0.265. The number of unbranched alkanes of at least 4 members (excludes halogenated alkanes) is 2. The lowest BCUT2D eigenvalue weighted by Crippen LogP contribution is -2.55. The Hall–Kier alpha value is -2.58. The van der Waals surface area contributed by atoms with E-state index in [1.807, 2.05) is 43.9 Å². The Labute approximate surface area is 243 Å². The Morgan fingerprint density at radius 2 is 1.90 bits per heavy atom. The maximum atomic E-state index is 14.7. The molecule has 3 fully saturated rings. The van der Waals surface area contributed by atoms with E-state index >= 15 is 0 Å². The Bertz CT molecular complexity index is 1140. The van der Waals surface area contributed by atoms with Gasteiger partial charge in [-0.25, -0.2) is 0 Å². The van der Waals surface area contributed by atoms with Crippen LogP contribution in [0.3, 0.4) is 0 Å². The zero-order chi connectivity index (χ0) is 29.0. The SMILES string of the molecule is C=CCN(CCC)C(=O)[C@@H]1[C@H]2C(=O)N(CCCCCO)C(C(=O)N(CC=C)c3cc(C)ccc3C)C23CC[C@H]1S3. The van der Waals surface area contributed by atoms with Gasteiger partial charge in [0.25, 0.3) is 5.91 Å². The maximum Gasteiger partial charge on any atom is 0.251 e. The highest BCUT2D eigenvalue weighted by Crippen LogP contribution is 2.66. The van der Waals surface area contributed by atoms with Crippen molar-refractivity contribution in [2.75, 3.05) is 37.7 Å². The third kappa shape index (κ3) is 5.37. The normalized spacial score (nSPS) is 26.6. The highest BCUT2D eigenvalue weighted by atomic mass is 32.2. The van der Waals surface area contributed by atoms with Crippen LogP contribution in [0, 0.1) is 25.7 Å². The van der Waals surface area contributed by atoms with Crippen molar-refractivity contribution in [3.05, 3.63) is 54.6 Å². The molecule has 3 heterocycles. The molecule has 1 aromatic rings. The largest absolute Gasteiger partial charge is 0.396 e. The van der Waals surface area contributed by atoms with Crippen molar-refractivity contribution >= 4 is 35.2 Å². The van der Waals surface area contributed by atoms with Crippen LogP contribution in [0.15, 0.2) is 43.5 Å². The second-order valence-corrected chi connectivity index (χ2v) is 13.1. The molecular formula is C32H45N3O4S. The molecule has 2 unspecified atom stereocenters. The monoisotopic (exact) mass is 567 g/mol. The van der Waals surface area contributed by atoms with E-state index in [1.54, 1.807) is 33.7 Å². The number of carbonyl (C=O) groups is 3. The standard InChI is InChI=1S/C32H45N3O4S/c1-6-16-33(17-7-2)29(37)26-25-14-15-32(40-25)27(26)30(38)35(19-10-9-11-20-36)28(32)31(39)34(18-8-3)24-21-22(4)12-13-23(24)5/h6,8,12-13,21,25-28,36H,1,3,7,9-11,14-20H2,2,4-5H3/t25-,26+,27+,28?,32?/m1/s1. The minimum absolute atomic E-state index is 0.0185. The third-order valence-electron chi connectivity index (χ3n) is 8.76. The molecule has 1 N–H and O–H groups in total. The van der Waals surface area contributed by atoms with Crippen LogP contribution in [-0.4, -0.2) is 81.5 Å². The van der Waals surface area contributed by atoms with Gasteiger partial charge >= 0.3 is 0 Å². The zero-order valence-corrected chi connectivity index (χ0v) is 25.1. The van der Waals surface area contributed by atoms with E-state index < -0.39 is 22.6 Å². The first-order valence-corrected chi connectivity index (χ1v) is 15.6. The molecule has 0 saturated carbocycles. The molecule has 3 aliphatic rings. The number of amides is 3. The number of anilines is 1. The van der Waals surface area contributed by atoms with Gasteiger partial charge in [-0.05, 0) is 69.6 Å². The van der Waals surface area contributed by atoms with Crippen LogP contribution in [0.5, 0.6) is 0 Å². The number of aliphatic hydroxyl groups is 1. The van der Waals surface area contributed by atoms with Gasteiger partial charge in [0, 0.05) is 43.7 Å². The molecule has 3 amide bonds. The van der Waals surface area contributed by atoms with Gasteiger partial charge in [0.05, 0.1) is 16.6 Å². The lowest BCUT2D eigenvalue weighted by Gasteiger charge is -2.38. The lowest BCUT2D eigenvalue weighted by molar-refractivity contribution is -0.143. The zero-order valence-electron chi connectivity index (χ0n) is 24.3. The van der Waals surface area contributed by atoms with Crippen molar-refractivity contribution in [3.63, 3.8) is 0 Å². The van der Waals surface area contributed by atoms with E-state index in [1.165, 1.54) is 0 Å². The number of aryl methyl sites for hydroxylation is 2. The summed E-state index contributed by atoms with van der Waals surface area (Å²) in [4.78, 5) is 48.4. The van der Waals surface area contributed by atoms with Gasteiger partial charge in [0.15, 0.2) is 0 Å². The van der Waals surface area contributed by atoms with Crippen LogP contribution in [0.1, 0.15) is 56.6 Å². The molecule has 5 atom stereocenters. The van der Waals surface area contributed by atoms with Gasteiger partial charge in [0.1, 0.15) is 6.04 Å². The molecule has 218 valence electrons. The number of thioether (sulfide) groups is 1. The number of hydrogen-bond acceptors (Lipinski definition) is 5. The molecule has 7 nitrogen and oxygen atoms in total. The first-order valence-electron chi connectivity index (χ1n) is 14.7. The number of aliphatic hydroxyl groups excluding tert-OH is 1. The van der Waals surface area contributed by atoms with Crippen molar-refractivity contribution < 1.29 is 19.5 Å². The van der Waals surface area contributed by atoms with Crippen LogP contribution in [0.25, 0.3) is 0 Å². The van der Waals surface area contributed by atoms with Crippen LogP contribution >= 0.6 is 11.8 Å². The van der Waals surface area contributed by atoms with Crippen molar-refractivity contribution in [2.45, 2.75) is 75.3 Å².